The smallest absolute Gasteiger partial charge is 0.387 e. The van der Waals surface area contributed by atoms with Crippen LogP contribution in [0.5, 0.6) is 5.75 Å². The van der Waals surface area contributed by atoms with Crippen LogP contribution in [0.4, 0.5) is 8.78 Å². The summed E-state index contributed by atoms with van der Waals surface area (Å²) in [4.78, 5) is 16.1. The maximum absolute atomic E-state index is 12.6. The maximum atomic E-state index is 12.6. The molecule has 0 radical (unpaired) electrons. The van der Waals surface area contributed by atoms with Gasteiger partial charge in [-0.1, -0.05) is 0 Å². The lowest BCUT2D eigenvalue weighted by Crippen LogP contribution is -2.38. The summed E-state index contributed by atoms with van der Waals surface area (Å²) in [6.07, 6.45) is 0. The molecule has 0 spiro atoms. The second-order valence-corrected chi connectivity index (χ2v) is 8.94. The number of carbonyl (C=O) groups excluding carboxylic acids is 1. The molecule has 6 nitrogen and oxygen atoms in total. The van der Waals surface area contributed by atoms with E-state index in [1.165, 1.54) is 29.2 Å². The third-order valence-electron chi connectivity index (χ3n) is 4.94. The predicted octanol–water partition coefficient (Wildman–Crippen LogP) is 1.09. The normalized spacial score (nSPS) is 27.8. The number of halogens is 2. The number of sulfone groups is 1. The van der Waals surface area contributed by atoms with Crippen LogP contribution in [-0.4, -0.2) is 75.0 Å². The monoisotopic (exact) mass is 374 g/mol. The molecule has 2 fully saturated rings. The van der Waals surface area contributed by atoms with Crippen molar-refractivity contribution in [3.05, 3.63) is 29.8 Å². The summed E-state index contributed by atoms with van der Waals surface area (Å²) in [5.74, 6) is -0.312. The van der Waals surface area contributed by atoms with E-state index in [-0.39, 0.29) is 35.9 Å². The van der Waals surface area contributed by atoms with E-state index in [1.807, 2.05) is 19.0 Å². The van der Waals surface area contributed by atoms with Crippen molar-refractivity contribution in [2.75, 3.05) is 32.9 Å². The Hall–Kier alpha value is -1.74. The number of likely N-dealkylation sites (tertiary alicyclic amines) is 1. The van der Waals surface area contributed by atoms with E-state index >= 15 is 0 Å². The lowest BCUT2D eigenvalue weighted by atomic mass is 10.00. The molecule has 3 rings (SSSR count). The standard InChI is InChI=1S/C16H20F2N2O4S/c1-19(2)13-9-25(22,23)14-8-20(7-12(13)14)15(21)10-3-5-11(6-4-10)24-16(17)18/h3-6,12-14,16H,7-9H2,1-2H3/t12-,13+,14-/m0/s1. The van der Waals surface area contributed by atoms with Crippen molar-refractivity contribution in [3.8, 4) is 5.75 Å². The van der Waals surface area contributed by atoms with Gasteiger partial charge in [-0.3, -0.25) is 4.79 Å². The first kappa shape index (κ1) is 18.1. The Morgan fingerprint density at radius 2 is 1.88 bits per heavy atom. The largest absolute Gasteiger partial charge is 0.435 e. The third-order valence-corrected chi connectivity index (χ3v) is 7.17. The number of rotatable bonds is 4. The van der Waals surface area contributed by atoms with Crippen molar-refractivity contribution in [1.82, 2.24) is 9.80 Å². The van der Waals surface area contributed by atoms with Crippen LogP contribution in [0.2, 0.25) is 0 Å². The molecule has 1 aromatic carbocycles. The molecule has 0 saturated carbocycles. The van der Waals surface area contributed by atoms with Gasteiger partial charge < -0.3 is 14.5 Å². The Labute approximate surface area is 145 Å². The van der Waals surface area contributed by atoms with Gasteiger partial charge in [-0.05, 0) is 38.4 Å². The van der Waals surface area contributed by atoms with Crippen molar-refractivity contribution in [1.29, 1.82) is 0 Å². The van der Waals surface area contributed by atoms with Gasteiger partial charge in [0, 0.05) is 30.6 Å². The molecular weight excluding hydrogens is 354 g/mol. The van der Waals surface area contributed by atoms with E-state index in [0.29, 0.717) is 12.1 Å². The van der Waals surface area contributed by atoms with Crippen LogP contribution in [0.25, 0.3) is 0 Å². The molecule has 2 aliphatic rings. The number of hydrogen-bond acceptors (Lipinski definition) is 5. The molecule has 2 heterocycles. The molecule has 1 amide bonds. The number of ether oxygens (including phenoxy) is 1. The number of carbonyl (C=O) groups is 1. The first-order valence-electron chi connectivity index (χ1n) is 7.91. The van der Waals surface area contributed by atoms with Crippen LogP contribution >= 0.6 is 0 Å². The summed E-state index contributed by atoms with van der Waals surface area (Å²) < 4.78 is 53.3. The van der Waals surface area contributed by atoms with E-state index in [2.05, 4.69) is 4.74 Å². The van der Waals surface area contributed by atoms with Gasteiger partial charge in [0.2, 0.25) is 0 Å². The maximum Gasteiger partial charge on any atom is 0.387 e. The summed E-state index contributed by atoms with van der Waals surface area (Å²) in [7, 11) is 0.458. The van der Waals surface area contributed by atoms with Crippen molar-refractivity contribution < 1.29 is 26.7 Å². The summed E-state index contributed by atoms with van der Waals surface area (Å²) in [6.45, 7) is -2.38. The van der Waals surface area contributed by atoms with Crippen molar-refractivity contribution in [2.24, 2.45) is 5.92 Å². The highest BCUT2D eigenvalue weighted by molar-refractivity contribution is 7.92. The Morgan fingerprint density at radius 3 is 2.44 bits per heavy atom. The molecule has 3 atom stereocenters. The van der Waals surface area contributed by atoms with Gasteiger partial charge in [-0.15, -0.1) is 0 Å². The van der Waals surface area contributed by atoms with Crippen molar-refractivity contribution >= 4 is 15.7 Å². The minimum Gasteiger partial charge on any atom is -0.435 e. The quantitative estimate of drug-likeness (QED) is 0.789. The van der Waals surface area contributed by atoms with Gasteiger partial charge in [0.25, 0.3) is 5.91 Å². The van der Waals surface area contributed by atoms with E-state index in [4.69, 9.17) is 0 Å². The molecule has 0 aromatic heterocycles. The minimum atomic E-state index is -3.23. The molecule has 2 aliphatic heterocycles. The fourth-order valence-corrected chi connectivity index (χ4v) is 6.17. The number of fused-ring (bicyclic) bond motifs is 1. The van der Waals surface area contributed by atoms with Gasteiger partial charge in [-0.25, -0.2) is 8.42 Å². The second kappa shape index (κ2) is 6.53. The average molecular weight is 374 g/mol. The number of hydrogen-bond donors (Lipinski definition) is 0. The molecule has 2 saturated heterocycles. The fraction of sp³-hybridized carbons (Fsp3) is 0.562. The highest BCUT2D eigenvalue weighted by Gasteiger charge is 2.53. The fourth-order valence-electron chi connectivity index (χ4n) is 3.69. The third kappa shape index (κ3) is 3.48. The summed E-state index contributed by atoms with van der Waals surface area (Å²) >= 11 is 0. The summed E-state index contributed by atoms with van der Waals surface area (Å²) in [6, 6.07) is 5.32. The molecule has 138 valence electrons. The van der Waals surface area contributed by atoms with Crippen LogP contribution < -0.4 is 4.74 Å². The van der Waals surface area contributed by atoms with Crippen LogP contribution in [0.15, 0.2) is 24.3 Å². The average Bonchev–Trinajstić information content (AvgIpc) is 3.06. The molecule has 0 aliphatic carbocycles. The minimum absolute atomic E-state index is 0.0277. The van der Waals surface area contributed by atoms with Gasteiger partial charge in [0.15, 0.2) is 9.84 Å². The zero-order valence-corrected chi connectivity index (χ0v) is 14.7. The lowest BCUT2D eigenvalue weighted by Gasteiger charge is -2.25. The van der Waals surface area contributed by atoms with Crippen molar-refractivity contribution in [2.45, 2.75) is 17.9 Å². The Balaban J connectivity index is 1.74. The first-order chi connectivity index (χ1) is 11.7. The summed E-state index contributed by atoms with van der Waals surface area (Å²) in [5, 5.41) is -0.537. The van der Waals surface area contributed by atoms with E-state index in [9.17, 15) is 22.0 Å². The number of alkyl halides is 2. The zero-order chi connectivity index (χ0) is 18.4. The van der Waals surface area contributed by atoms with Gasteiger partial charge in [-0.2, -0.15) is 8.78 Å². The number of benzene rings is 1. The molecule has 0 N–H and O–H groups in total. The topological polar surface area (TPSA) is 66.9 Å². The molecule has 25 heavy (non-hydrogen) atoms. The number of nitrogens with zero attached hydrogens (tertiary/aromatic N) is 2. The Bertz CT molecular complexity index is 752. The van der Waals surface area contributed by atoms with Crippen LogP contribution in [0.3, 0.4) is 0 Å². The van der Waals surface area contributed by atoms with Crippen LogP contribution in [0, 0.1) is 5.92 Å². The van der Waals surface area contributed by atoms with E-state index in [0.717, 1.165) is 0 Å². The predicted molar refractivity (Wildman–Crippen MR) is 87.5 cm³/mol. The molecule has 0 unspecified atom stereocenters. The van der Waals surface area contributed by atoms with E-state index < -0.39 is 21.7 Å². The van der Waals surface area contributed by atoms with Crippen LogP contribution in [-0.2, 0) is 9.84 Å². The van der Waals surface area contributed by atoms with Gasteiger partial charge >= 0.3 is 6.61 Å². The zero-order valence-electron chi connectivity index (χ0n) is 13.9. The second-order valence-electron chi connectivity index (χ2n) is 6.68. The van der Waals surface area contributed by atoms with Gasteiger partial charge in [0.1, 0.15) is 5.75 Å². The van der Waals surface area contributed by atoms with Crippen LogP contribution in [0.1, 0.15) is 10.4 Å². The molecule has 0 bridgehead atoms. The molecule has 9 heteroatoms. The Kier molecular flexibility index (Phi) is 4.72. The SMILES string of the molecule is CN(C)[C@@H]1CS(=O)(=O)[C@H]2CN(C(=O)c3ccc(OC(F)F)cc3)C[C@@H]12. The number of amides is 1. The molecular formula is C16H20F2N2O4S. The first-order valence-corrected chi connectivity index (χ1v) is 9.62. The Morgan fingerprint density at radius 1 is 1.24 bits per heavy atom. The highest BCUT2D eigenvalue weighted by Crippen LogP contribution is 2.36. The lowest BCUT2D eigenvalue weighted by molar-refractivity contribution is -0.0498. The highest BCUT2D eigenvalue weighted by atomic mass is 32.2. The van der Waals surface area contributed by atoms with E-state index in [1.54, 1.807) is 0 Å². The van der Waals surface area contributed by atoms with Gasteiger partial charge in [0.05, 0.1) is 11.0 Å². The molecule has 1 aromatic rings. The summed E-state index contributed by atoms with van der Waals surface area (Å²) in [5.41, 5.74) is 0.320. The van der Waals surface area contributed by atoms with Crippen molar-refractivity contribution in [3.63, 3.8) is 0 Å².